The van der Waals surface area contributed by atoms with Crippen LogP contribution in [0.2, 0.25) is 0 Å². The highest BCUT2D eigenvalue weighted by atomic mass is 32.2. The average molecular weight is 212 g/mol. The van der Waals surface area contributed by atoms with E-state index < -0.39 is 11.3 Å². The van der Waals surface area contributed by atoms with Crippen molar-refractivity contribution in [2.75, 3.05) is 0 Å². The lowest BCUT2D eigenvalue weighted by Gasteiger charge is -2.27. The average Bonchev–Trinajstić information content (AvgIpc) is 2.15. The molecule has 1 atom stereocenters. The van der Waals surface area contributed by atoms with Crippen LogP contribution >= 0.6 is 0 Å². The summed E-state index contributed by atoms with van der Waals surface area (Å²) in [6, 6.07) is 9.55. The Morgan fingerprint density at radius 2 is 1.93 bits per heavy atom. The lowest BCUT2D eigenvalue weighted by atomic mass is 10.2. The third kappa shape index (κ3) is 3.21. The van der Waals surface area contributed by atoms with Gasteiger partial charge in [0, 0.05) is 23.9 Å². The molecule has 0 amide bonds. The monoisotopic (exact) mass is 212 g/mol. The van der Waals surface area contributed by atoms with E-state index in [1.54, 1.807) is 0 Å². The van der Waals surface area contributed by atoms with Gasteiger partial charge in [-0.05, 0) is 19.4 Å². The van der Waals surface area contributed by atoms with Crippen LogP contribution < -0.4 is 0 Å². The van der Waals surface area contributed by atoms with Crippen molar-refractivity contribution >= 4 is 11.3 Å². The van der Waals surface area contributed by atoms with Crippen LogP contribution in [0, 0.1) is 0 Å². The standard InChI is InChI=1S/C10H15NO2S/c1-9(2)11(14(12)13)8-10-6-4-3-5-7-10/h3-7,9H,8H2,1-2H3,(H,12,13)/p-1. The summed E-state index contributed by atoms with van der Waals surface area (Å²) in [6.45, 7) is 4.16. The Morgan fingerprint density at radius 3 is 2.36 bits per heavy atom. The van der Waals surface area contributed by atoms with Gasteiger partial charge in [-0.15, -0.1) is 0 Å². The third-order valence-electron chi connectivity index (χ3n) is 1.95. The quantitative estimate of drug-likeness (QED) is 0.713. The minimum absolute atomic E-state index is 0.00598. The first-order chi connectivity index (χ1) is 6.61. The third-order valence-corrected chi connectivity index (χ3v) is 2.88. The minimum atomic E-state index is -2.15. The van der Waals surface area contributed by atoms with E-state index in [9.17, 15) is 8.76 Å². The second-order valence-corrected chi connectivity index (χ2v) is 4.27. The fourth-order valence-electron chi connectivity index (χ4n) is 1.17. The SMILES string of the molecule is CC(C)N(Cc1ccccc1)S(=O)[O-]. The molecule has 0 aliphatic rings. The molecular formula is C10H14NO2S-. The lowest BCUT2D eigenvalue weighted by Crippen LogP contribution is -2.31. The van der Waals surface area contributed by atoms with E-state index in [0.29, 0.717) is 6.54 Å². The second-order valence-electron chi connectivity index (χ2n) is 3.37. The van der Waals surface area contributed by atoms with Gasteiger partial charge in [0.1, 0.15) is 0 Å². The summed E-state index contributed by atoms with van der Waals surface area (Å²) in [4.78, 5) is 0. The molecule has 1 aromatic rings. The Balaban J connectivity index is 2.70. The van der Waals surface area contributed by atoms with E-state index in [1.165, 1.54) is 4.31 Å². The zero-order valence-electron chi connectivity index (χ0n) is 8.34. The van der Waals surface area contributed by atoms with Gasteiger partial charge >= 0.3 is 0 Å². The summed E-state index contributed by atoms with van der Waals surface area (Å²) in [5.74, 6) is 0. The molecule has 0 aliphatic carbocycles. The van der Waals surface area contributed by atoms with Gasteiger partial charge in [-0.25, -0.2) is 4.31 Å². The molecule has 0 radical (unpaired) electrons. The number of rotatable bonds is 4. The molecule has 0 bridgehead atoms. The molecule has 0 aromatic heterocycles. The van der Waals surface area contributed by atoms with Crippen molar-refractivity contribution in [2.24, 2.45) is 0 Å². The van der Waals surface area contributed by atoms with Gasteiger partial charge in [0.05, 0.1) is 0 Å². The topological polar surface area (TPSA) is 43.4 Å². The molecule has 1 unspecified atom stereocenters. The van der Waals surface area contributed by atoms with Crippen LogP contribution in [0.4, 0.5) is 0 Å². The second kappa shape index (κ2) is 5.24. The molecule has 0 fully saturated rings. The molecule has 0 heterocycles. The lowest BCUT2D eigenvalue weighted by molar-refractivity contribution is 0.332. The van der Waals surface area contributed by atoms with Crippen LogP contribution in [0.15, 0.2) is 30.3 Å². The fraction of sp³-hybridized carbons (Fsp3) is 0.400. The van der Waals surface area contributed by atoms with E-state index in [4.69, 9.17) is 0 Å². The maximum Gasteiger partial charge on any atom is 0.0356 e. The first-order valence-corrected chi connectivity index (χ1v) is 5.54. The molecule has 3 nitrogen and oxygen atoms in total. The van der Waals surface area contributed by atoms with Crippen molar-refractivity contribution in [2.45, 2.75) is 26.4 Å². The van der Waals surface area contributed by atoms with E-state index in [2.05, 4.69) is 0 Å². The fourth-order valence-corrected chi connectivity index (χ4v) is 1.77. The van der Waals surface area contributed by atoms with Gasteiger partial charge in [0.25, 0.3) is 0 Å². The zero-order valence-corrected chi connectivity index (χ0v) is 9.16. The summed E-state index contributed by atoms with van der Waals surface area (Å²) in [6.07, 6.45) is 0. The van der Waals surface area contributed by atoms with Gasteiger partial charge in [-0.3, -0.25) is 4.21 Å². The molecular weight excluding hydrogens is 198 g/mol. The van der Waals surface area contributed by atoms with Crippen molar-refractivity contribution in [3.05, 3.63) is 35.9 Å². The zero-order chi connectivity index (χ0) is 10.6. The minimum Gasteiger partial charge on any atom is -0.760 e. The molecule has 78 valence electrons. The van der Waals surface area contributed by atoms with Crippen LogP contribution in [-0.4, -0.2) is 19.1 Å². The molecule has 4 heteroatoms. The van der Waals surface area contributed by atoms with Crippen LogP contribution in [0.3, 0.4) is 0 Å². The van der Waals surface area contributed by atoms with Crippen LogP contribution in [0.5, 0.6) is 0 Å². The Hall–Kier alpha value is -0.710. The van der Waals surface area contributed by atoms with Crippen molar-refractivity contribution in [1.82, 2.24) is 4.31 Å². The van der Waals surface area contributed by atoms with E-state index in [0.717, 1.165) is 5.56 Å². The van der Waals surface area contributed by atoms with Gasteiger partial charge in [0.15, 0.2) is 0 Å². The van der Waals surface area contributed by atoms with Gasteiger partial charge < -0.3 is 4.55 Å². The summed E-state index contributed by atoms with van der Waals surface area (Å²) in [7, 11) is 0. The van der Waals surface area contributed by atoms with Crippen LogP contribution in [0.1, 0.15) is 19.4 Å². The first kappa shape index (κ1) is 11.4. The van der Waals surface area contributed by atoms with Crippen LogP contribution in [0.25, 0.3) is 0 Å². The number of hydrogen-bond acceptors (Lipinski definition) is 2. The number of benzene rings is 1. The molecule has 0 spiro atoms. The van der Waals surface area contributed by atoms with Crippen molar-refractivity contribution in [3.63, 3.8) is 0 Å². The van der Waals surface area contributed by atoms with Crippen molar-refractivity contribution < 1.29 is 8.76 Å². The highest BCUT2D eigenvalue weighted by molar-refractivity contribution is 7.76. The Labute approximate surface area is 87.2 Å². The number of nitrogens with zero attached hydrogens (tertiary/aromatic N) is 1. The maximum absolute atomic E-state index is 10.9. The summed E-state index contributed by atoms with van der Waals surface area (Å²) in [5.41, 5.74) is 1.01. The van der Waals surface area contributed by atoms with E-state index in [1.807, 2.05) is 44.2 Å². The molecule has 14 heavy (non-hydrogen) atoms. The van der Waals surface area contributed by atoms with Gasteiger partial charge in [-0.1, -0.05) is 30.3 Å². The number of hydrogen-bond donors (Lipinski definition) is 0. The molecule has 1 aromatic carbocycles. The van der Waals surface area contributed by atoms with Crippen molar-refractivity contribution in [1.29, 1.82) is 0 Å². The van der Waals surface area contributed by atoms with Gasteiger partial charge in [-0.2, -0.15) is 0 Å². The van der Waals surface area contributed by atoms with Crippen LogP contribution in [-0.2, 0) is 17.8 Å². The molecule has 1 rings (SSSR count). The predicted molar refractivity (Wildman–Crippen MR) is 56.0 cm³/mol. The molecule has 0 saturated heterocycles. The van der Waals surface area contributed by atoms with Gasteiger partial charge in [0.2, 0.25) is 0 Å². The van der Waals surface area contributed by atoms with Crippen molar-refractivity contribution in [3.8, 4) is 0 Å². The molecule has 0 saturated carbocycles. The molecule has 0 aliphatic heterocycles. The summed E-state index contributed by atoms with van der Waals surface area (Å²) >= 11 is -2.15. The highest BCUT2D eigenvalue weighted by Gasteiger charge is 2.09. The first-order valence-electron chi connectivity index (χ1n) is 4.51. The highest BCUT2D eigenvalue weighted by Crippen LogP contribution is 2.09. The Bertz CT molecular complexity index is 300. The summed E-state index contributed by atoms with van der Waals surface area (Å²) in [5, 5.41) is 0. The van der Waals surface area contributed by atoms with E-state index in [-0.39, 0.29) is 6.04 Å². The summed E-state index contributed by atoms with van der Waals surface area (Å²) < 4.78 is 23.2. The Kier molecular flexibility index (Phi) is 4.25. The molecule has 0 N–H and O–H groups in total. The Morgan fingerprint density at radius 1 is 1.36 bits per heavy atom. The maximum atomic E-state index is 10.9. The predicted octanol–water partition coefficient (Wildman–Crippen LogP) is 1.69. The van der Waals surface area contributed by atoms with E-state index >= 15 is 0 Å². The normalized spacial score (nSPS) is 13.5. The largest absolute Gasteiger partial charge is 0.760 e. The smallest absolute Gasteiger partial charge is 0.0356 e.